The summed E-state index contributed by atoms with van der Waals surface area (Å²) >= 11 is 0. The molecule has 8 heteroatoms. The Hall–Kier alpha value is -4.46. The van der Waals surface area contributed by atoms with Crippen LogP contribution in [0.2, 0.25) is 0 Å². The molecule has 0 fully saturated rings. The van der Waals surface area contributed by atoms with E-state index in [1.165, 1.54) is 53.6 Å². The molecule has 1 aliphatic carbocycles. The van der Waals surface area contributed by atoms with Gasteiger partial charge in [-0.05, 0) is 34.4 Å². The highest BCUT2D eigenvalue weighted by atomic mass is 16.5. The minimum absolute atomic E-state index is 0.0313. The second-order valence-electron chi connectivity index (χ2n) is 7.62. The van der Waals surface area contributed by atoms with E-state index in [1.54, 1.807) is 0 Å². The number of alkyl carbamates (subject to hydrolysis) is 1. The molecule has 2 N–H and O–H groups in total. The van der Waals surface area contributed by atoms with Crippen molar-refractivity contribution in [1.82, 2.24) is 5.32 Å². The molecule has 0 atom stereocenters. The molecule has 0 aromatic heterocycles. The van der Waals surface area contributed by atoms with Crippen LogP contribution < -0.4 is 5.32 Å². The van der Waals surface area contributed by atoms with E-state index in [9.17, 15) is 19.2 Å². The average Bonchev–Trinajstić information content (AvgIpc) is 3.21. The van der Waals surface area contributed by atoms with Gasteiger partial charge in [0, 0.05) is 18.0 Å². The number of aldehydes is 1. The van der Waals surface area contributed by atoms with Crippen molar-refractivity contribution in [1.29, 1.82) is 0 Å². The molecule has 3 aromatic carbocycles. The van der Waals surface area contributed by atoms with Crippen LogP contribution in [0.3, 0.4) is 0 Å². The molecule has 8 nitrogen and oxygen atoms in total. The predicted molar refractivity (Wildman–Crippen MR) is 128 cm³/mol. The third kappa shape index (κ3) is 6.54. The number of rotatable bonds is 7. The summed E-state index contributed by atoms with van der Waals surface area (Å²) in [6, 6.07) is 22.1. The van der Waals surface area contributed by atoms with Gasteiger partial charge in [0.1, 0.15) is 12.9 Å². The van der Waals surface area contributed by atoms with Gasteiger partial charge in [0.15, 0.2) is 0 Å². The van der Waals surface area contributed by atoms with Crippen molar-refractivity contribution < 1.29 is 33.8 Å². The van der Waals surface area contributed by atoms with Gasteiger partial charge in [0.05, 0.1) is 19.1 Å². The van der Waals surface area contributed by atoms with Crippen LogP contribution >= 0.6 is 0 Å². The van der Waals surface area contributed by atoms with E-state index in [-0.39, 0.29) is 37.0 Å². The van der Waals surface area contributed by atoms with Gasteiger partial charge in [-0.1, -0.05) is 60.7 Å². The molecule has 0 saturated carbocycles. The summed E-state index contributed by atoms with van der Waals surface area (Å²) in [6.45, 7) is 0.460. The van der Waals surface area contributed by atoms with Crippen LogP contribution in [0.25, 0.3) is 11.1 Å². The number of esters is 1. The Morgan fingerprint density at radius 3 is 2.00 bits per heavy atom. The van der Waals surface area contributed by atoms with E-state index >= 15 is 0 Å². The van der Waals surface area contributed by atoms with Crippen LogP contribution in [-0.4, -0.2) is 49.7 Å². The molecule has 35 heavy (non-hydrogen) atoms. The van der Waals surface area contributed by atoms with Gasteiger partial charge >= 0.3 is 18.0 Å². The van der Waals surface area contributed by atoms with Crippen LogP contribution in [0.5, 0.6) is 0 Å². The maximum atomic E-state index is 11.8. The quantitative estimate of drug-likeness (QED) is 0.387. The van der Waals surface area contributed by atoms with Crippen molar-refractivity contribution in [2.45, 2.75) is 12.3 Å². The number of methoxy groups -OCH3 is 1. The fraction of sp³-hybridized carbons (Fsp3) is 0.185. The van der Waals surface area contributed by atoms with Crippen LogP contribution in [0.4, 0.5) is 4.79 Å². The summed E-state index contributed by atoms with van der Waals surface area (Å²) < 4.78 is 9.87. The number of hydrogen-bond donors (Lipinski definition) is 2. The van der Waals surface area contributed by atoms with Crippen molar-refractivity contribution in [3.8, 4) is 11.1 Å². The van der Waals surface area contributed by atoms with E-state index in [0.717, 1.165) is 0 Å². The first-order chi connectivity index (χ1) is 16.9. The Kier molecular flexibility index (Phi) is 8.72. The first-order valence-electron chi connectivity index (χ1n) is 10.9. The Bertz CT molecular complexity index is 1160. The van der Waals surface area contributed by atoms with E-state index in [4.69, 9.17) is 9.84 Å². The molecule has 3 aromatic rings. The molecular weight excluding hydrogens is 450 g/mol. The highest BCUT2D eigenvalue weighted by Crippen LogP contribution is 2.44. The lowest BCUT2D eigenvalue weighted by Gasteiger charge is -2.14. The van der Waals surface area contributed by atoms with Crippen molar-refractivity contribution in [3.05, 3.63) is 95.1 Å². The minimum atomic E-state index is -0.984. The number of nitrogens with one attached hydrogen (secondary N) is 1. The number of amides is 1. The number of benzene rings is 3. The standard InChI is InChI=1S/C19H19NO4.C8H6O3/c1-23-18(21)10-11-20-19(22)24-12-17-15-8-4-2-6-13(15)14-7-3-5-9-16(14)17;9-5-6-1-3-7(4-2-6)8(10)11/h2-9,17H,10-12H2,1H3,(H,20,22);1-5H,(H,10,11). The summed E-state index contributed by atoms with van der Waals surface area (Å²) in [6.07, 6.45) is 0.271. The maximum absolute atomic E-state index is 11.8. The third-order valence-electron chi connectivity index (χ3n) is 5.46. The van der Waals surface area contributed by atoms with Gasteiger partial charge < -0.3 is 19.9 Å². The predicted octanol–water partition coefficient (Wildman–Crippen LogP) is 4.29. The molecule has 4 rings (SSSR count). The zero-order chi connectivity index (χ0) is 25.2. The lowest BCUT2D eigenvalue weighted by Crippen LogP contribution is -2.28. The molecular formula is C27H25NO7. The average molecular weight is 475 g/mol. The topological polar surface area (TPSA) is 119 Å². The smallest absolute Gasteiger partial charge is 0.407 e. The Morgan fingerprint density at radius 1 is 0.914 bits per heavy atom. The molecule has 1 aliphatic rings. The van der Waals surface area contributed by atoms with Gasteiger partial charge in [-0.3, -0.25) is 9.59 Å². The number of carbonyl (C=O) groups excluding carboxylic acids is 3. The van der Waals surface area contributed by atoms with E-state index in [2.05, 4.69) is 34.3 Å². The second kappa shape index (κ2) is 12.1. The summed E-state index contributed by atoms with van der Waals surface area (Å²) in [5, 5.41) is 11.0. The SMILES string of the molecule is COC(=O)CCNC(=O)OCC1c2ccccc2-c2ccccc21.O=Cc1ccc(C(=O)O)cc1. The fourth-order valence-corrected chi connectivity index (χ4v) is 3.72. The van der Waals surface area contributed by atoms with Crippen molar-refractivity contribution in [3.63, 3.8) is 0 Å². The molecule has 0 unspecified atom stereocenters. The number of carboxylic acid groups (broad SMARTS) is 1. The van der Waals surface area contributed by atoms with E-state index < -0.39 is 12.1 Å². The zero-order valence-corrected chi connectivity index (χ0v) is 19.1. The van der Waals surface area contributed by atoms with Crippen molar-refractivity contribution >= 4 is 24.3 Å². The number of aromatic carboxylic acids is 1. The Balaban J connectivity index is 0.000000261. The molecule has 0 aliphatic heterocycles. The van der Waals surface area contributed by atoms with E-state index in [1.807, 2.05) is 24.3 Å². The highest BCUT2D eigenvalue weighted by Gasteiger charge is 2.28. The Labute approximate surface area is 202 Å². The number of fused-ring (bicyclic) bond motifs is 3. The summed E-state index contributed by atoms with van der Waals surface area (Å²) in [5.41, 5.74) is 5.38. The zero-order valence-electron chi connectivity index (χ0n) is 19.1. The molecule has 0 radical (unpaired) electrons. The lowest BCUT2D eigenvalue weighted by molar-refractivity contribution is -0.140. The van der Waals surface area contributed by atoms with E-state index in [0.29, 0.717) is 11.8 Å². The minimum Gasteiger partial charge on any atom is -0.478 e. The first kappa shape index (κ1) is 25.2. The van der Waals surface area contributed by atoms with Crippen LogP contribution in [0.15, 0.2) is 72.8 Å². The number of ether oxygens (including phenoxy) is 2. The normalized spacial score (nSPS) is 11.2. The van der Waals surface area contributed by atoms with Gasteiger partial charge in [0.25, 0.3) is 0 Å². The molecule has 0 heterocycles. The first-order valence-corrected chi connectivity index (χ1v) is 10.9. The maximum Gasteiger partial charge on any atom is 0.407 e. The number of hydrogen-bond acceptors (Lipinski definition) is 6. The molecule has 1 amide bonds. The molecule has 0 bridgehead atoms. The van der Waals surface area contributed by atoms with Gasteiger partial charge in [-0.2, -0.15) is 0 Å². The second-order valence-corrected chi connectivity index (χ2v) is 7.62. The van der Waals surface area contributed by atoms with Gasteiger partial charge in [0.2, 0.25) is 0 Å². The number of carbonyl (C=O) groups is 4. The lowest BCUT2D eigenvalue weighted by atomic mass is 9.98. The molecule has 0 spiro atoms. The number of carboxylic acids is 1. The van der Waals surface area contributed by atoms with Gasteiger partial charge in [-0.15, -0.1) is 0 Å². The Morgan fingerprint density at radius 2 is 1.49 bits per heavy atom. The van der Waals surface area contributed by atoms with Crippen LogP contribution in [-0.2, 0) is 14.3 Å². The van der Waals surface area contributed by atoms with Crippen LogP contribution in [0.1, 0.15) is 44.2 Å². The fourth-order valence-electron chi connectivity index (χ4n) is 3.72. The largest absolute Gasteiger partial charge is 0.478 e. The summed E-state index contributed by atoms with van der Waals surface area (Å²) in [7, 11) is 1.32. The van der Waals surface area contributed by atoms with Crippen LogP contribution in [0, 0.1) is 0 Å². The molecule has 180 valence electrons. The monoisotopic (exact) mass is 475 g/mol. The van der Waals surface area contributed by atoms with Gasteiger partial charge in [-0.25, -0.2) is 9.59 Å². The van der Waals surface area contributed by atoms with Crippen molar-refractivity contribution in [2.24, 2.45) is 0 Å². The third-order valence-corrected chi connectivity index (χ3v) is 5.46. The van der Waals surface area contributed by atoms with Crippen molar-refractivity contribution in [2.75, 3.05) is 20.3 Å². The summed E-state index contributed by atoms with van der Waals surface area (Å²) in [5.74, 6) is -1.32. The highest BCUT2D eigenvalue weighted by molar-refractivity contribution is 5.88. The molecule has 0 saturated heterocycles. The summed E-state index contributed by atoms with van der Waals surface area (Å²) in [4.78, 5) is 43.3.